The van der Waals surface area contributed by atoms with Gasteiger partial charge >= 0.3 is 0 Å². The van der Waals surface area contributed by atoms with Gasteiger partial charge in [0.25, 0.3) is 0 Å². The summed E-state index contributed by atoms with van der Waals surface area (Å²) in [7, 11) is 0. The largest absolute Gasteiger partial charge is 0.396 e. The Hall–Kier alpha value is -1.54. The Labute approximate surface area is 90.9 Å². The summed E-state index contributed by atoms with van der Waals surface area (Å²) in [6, 6.07) is 2.11. The molecule has 3 rings (SSSR count). The maximum absolute atomic E-state index is 8.88. The lowest BCUT2D eigenvalue weighted by Crippen LogP contribution is -2.37. The van der Waals surface area contributed by atoms with Crippen molar-refractivity contribution in [2.75, 3.05) is 12.3 Å². The highest BCUT2D eigenvalue weighted by Crippen LogP contribution is 2.21. The molecule has 1 saturated heterocycles. The van der Waals surface area contributed by atoms with Crippen LogP contribution in [-0.4, -0.2) is 17.6 Å². The van der Waals surface area contributed by atoms with Crippen molar-refractivity contribution in [2.45, 2.75) is 19.0 Å². The molecule has 1 unspecified atom stereocenters. The van der Waals surface area contributed by atoms with Crippen LogP contribution in [0.1, 0.15) is 17.7 Å². The summed E-state index contributed by atoms with van der Waals surface area (Å²) in [5.41, 5.74) is 6.48. The predicted octanol–water partition coefficient (Wildman–Crippen LogP) is -0.00492. The van der Waals surface area contributed by atoms with Crippen LogP contribution >= 0.6 is 11.3 Å². The number of nitrogen functional groups attached to an aromatic ring is 1. The third kappa shape index (κ3) is 1.15. The van der Waals surface area contributed by atoms with E-state index in [1.807, 2.05) is 0 Å². The molecule has 0 saturated carbocycles. The Morgan fingerprint density at radius 1 is 1.67 bits per heavy atom. The van der Waals surface area contributed by atoms with Crippen molar-refractivity contribution < 1.29 is 0 Å². The van der Waals surface area contributed by atoms with Crippen molar-refractivity contribution in [3.05, 3.63) is 14.8 Å². The van der Waals surface area contributed by atoms with E-state index in [2.05, 4.69) is 22.2 Å². The van der Waals surface area contributed by atoms with Crippen LogP contribution in [0.5, 0.6) is 0 Å². The number of nitriles is 1. The molecule has 0 amide bonds. The second-order valence-corrected chi connectivity index (χ2v) is 4.79. The van der Waals surface area contributed by atoms with Gasteiger partial charge in [-0.2, -0.15) is 5.26 Å². The first-order valence-electron chi connectivity index (χ1n) is 4.93. The molecule has 5 heteroatoms. The van der Waals surface area contributed by atoms with Gasteiger partial charge in [0.15, 0.2) is 0 Å². The zero-order chi connectivity index (χ0) is 10.4. The average molecular weight is 218 g/mol. The van der Waals surface area contributed by atoms with E-state index in [-0.39, 0.29) is 6.17 Å². The molecule has 1 aromatic rings. The summed E-state index contributed by atoms with van der Waals surface area (Å²) in [5.74, 6) is 0. The Bertz CT molecular complexity index is 565. The molecule has 0 bridgehead atoms. The summed E-state index contributed by atoms with van der Waals surface area (Å²) in [5, 5.41) is 9.82. The quantitative estimate of drug-likeness (QED) is 0.666. The molecule has 2 aliphatic heterocycles. The third-order valence-electron chi connectivity index (χ3n) is 2.89. The van der Waals surface area contributed by atoms with Crippen LogP contribution in [-0.2, 0) is 0 Å². The second-order valence-electron chi connectivity index (χ2n) is 3.79. The monoisotopic (exact) mass is 218 g/mol. The van der Waals surface area contributed by atoms with E-state index in [0.29, 0.717) is 10.6 Å². The molecule has 1 fully saturated rings. The zero-order valence-electron chi connectivity index (χ0n) is 8.10. The molecule has 1 aromatic heterocycles. The molecule has 1 atom stereocenters. The average Bonchev–Trinajstić information content (AvgIpc) is 2.80. The fraction of sp³-hybridized carbons (Fsp3) is 0.400. The van der Waals surface area contributed by atoms with E-state index in [9.17, 15) is 0 Å². The third-order valence-corrected chi connectivity index (χ3v) is 3.92. The number of fused-ring (bicyclic) bond motifs is 2. The molecular formula is C10H10N4S. The fourth-order valence-corrected chi connectivity index (χ4v) is 3.02. The molecule has 0 aromatic carbocycles. The van der Waals surface area contributed by atoms with Crippen molar-refractivity contribution in [1.29, 1.82) is 5.26 Å². The first-order valence-corrected chi connectivity index (χ1v) is 5.75. The molecule has 76 valence electrons. The number of thiophene rings is 1. The highest BCUT2D eigenvalue weighted by atomic mass is 32.1. The standard InChI is InChI=1S/C10H10N4S/c11-4-7-9(12)6-5-14-3-1-2-8(14)13-10(6)15-7/h5,8H,1-3,12H2. The first kappa shape index (κ1) is 8.74. The molecule has 0 spiro atoms. The number of hydrogen-bond acceptors (Lipinski definition) is 5. The van der Waals surface area contributed by atoms with Crippen molar-refractivity contribution in [2.24, 2.45) is 4.99 Å². The minimum Gasteiger partial charge on any atom is -0.396 e. The minimum atomic E-state index is 0.280. The van der Waals surface area contributed by atoms with E-state index in [0.717, 1.165) is 22.9 Å². The van der Waals surface area contributed by atoms with Crippen LogP contribution < -0.4 is 15.6 Å². The zero-order valence-corrected chi connectivity index (χ0v) is 8.92. The van der Waals surface area contributed by atoms with Gasteiger partial charge < -0.3 is 10.6 Å². The van der Waals surface area contributed by atoms with E-state index in [4.69, 9.17) is 11.0 Å². The summed E-state index contributed by atoms with van der Waals surface area (Å²) in [6.45, 7) is 1.05. The molecule has 0 aliphatic carbocycles. The van der Waals surface area contributed by atoms with E-state index in [1.54, 1.807) is 0 Å². The predicted molar refractivity (Wildman–Crippen MR) is 58.4 cm³/mol. The molecule has 3 heterocycles. The van der Waals surface area contributed by atoms with Crippen LogP contribution in [0.3, 0.4) is 0 Å². The topological polar surface area (TPSA) is 65.4 Å². The van der Waals surface area contributed by atoms with E-state index in [1.165, 1.54) is 17.8 Å². The van der Waals surface area contributed by atoms with Crippen LogP contribution in [0.4, 0.5) is 5.69 Å². The van der Waals surface area contributed by atoms with Gasteiger partial charge in [-0.1, -0.05) is 0 Å². The maximum atomic E-state index is 8.88. The smallest absolute Gasteiger partial charge is 0.130 e. The summed E-state index contributed by atoms with van der Waals surface area (Å²) >= 11 is 1.40. The van der Waals surface area contributed by atoms with Gasteiger partial charge in [0.05, 0.1) is 10.9 Å². The van der Waals surface area contributed by atoms with Crippen molar-refractivity contribution in [3.63, 3.8) is 0 Å². The van der Waals surface area contributed by atoms with Crippen LogP contribution in [0.25, 0.3) is 6.20 Å². The maximum Gasteiger partial charge on any atom is 0.130 e. The Morgan fingerprint density at radius 2 is 2.53 bits per heavy atom. The van der Waals surface area contributed by atoms with Crippen LogP contribution in [0, 0.1) is 11.3 Å². The van der Waals surface area contributed by atoms with Gasteiger partial charge in [-0.25, -0.2) is 4.99 Å². The number of nitrogens with two attached hydrogens (primary N) is 1. The van der Waals surface area contributed by atoms with Crippen LogP contribution in [0.15, 0.2) is 4.99 Å². The molecule has 0 radical (unpaired) electrons. The highest BCUT2D eigenvalue weighted by Gasteiger charge is 2.24. The van der Waals surface area contributed by atoms with Gasteiger partial charge in [-0.05, 0) is 12.8 Å². The summed E-state index contributed by atoms with van der Waals surface area (Å²) in [4.78, 5) is 7.42. The summed E-state index contributed by atoms with van der Waals surface area (Å²) in [6.07, 6.45) is 4.63. The normalized spacial score (nSPS) is 22.3. The Morgan fingerprint density at radius 3 is 3.33 bits per heavy atom. The Kier molecular flexibility index (Phi) is 1.73. The molecule has 2 N–H and O–H groups in total. The van der Waals surface area contributed by atoms with E-state index < -0.39 is 0 Å². The highest BCUT2D eigenvalue weighted by molar-refractivity contribution is 7.10. The summed E-state index contributed by atoms with van der Waals surface area (Å²) < 4.78 is 0.923. The van der Waals surface area contributed by atoms with Crippen LogP contribution in [0.2, 0.25) is 0 Å². The Balaban J connectivity index is 2.28. The van der Waals surface area contributed by atoms with Gasteiger partial charge in [-0.15, -0.1) is 11.3 Å². The first-order chi connectivity index (χ1) is 7.29. The van der Waals surface area contributed by atoms with Crippen molar-refractivity contribution in [3.8, 4) is 6.07 Å². The number of hydrogen-bond donors (Lipinski definition) is 1. The molecular weight excluding hydrogens is 208 g/mol. The molecule has 4 nitrogen and oxygen atoms in total. The number of anilines is 1. The fourth-order valence-electron chi connectivity index (χ4n) is 2.11. The SMILES string of the molecule is N#Cc1sc2c(c1N)=CN1CCCC1N=2. The second kappa shape index (κ2) is 2.97. The molecule has 2 aliphatic rings. The van der Waals surface area contributed by atoms with Gasteiger partial charge in [0.2, 0.25) is 0 Å². The van der Waals surface area contributed by atoms with Gasteiger partial charge in [0.1, 0.15) is 21.8 Å². The molecule has 15 heavy (non-hydrogen) atoms. The lowest BCUT2D eigenvalue weighted by atomic mass is 10.3. The lowest BCUT2D eigenvalue weighted by molar-refractivity contribution is 0.381. The number of rotatable bonds is 0. The van der Waals surface area contributed by atoms with Gasteiger partial charge in [0, 0.05) is 12.7 Å². The minimum absolute atomic E-state index is 0.280. The van der Waals surface area contributed by atoms with E-state index >= 15 is 0 Å². The van der Waals surface area contributed by atoms with Crippen molar-refractivity contribution in [1.82, 2.24) is 4.90 Å². The lowest BCUT2D eigenvalue weighted by Gasteiger charge is -2.20. The number of nitrogens with zero attached hydrogens (tertiary/aromatic N) is 3. The van der Waals surface area contributed by atoms with Gasteiger partial charge in [-0.3, -0.25) is 0 Å². The van der Waals surface area contributed by atoms with Crippen molar-refractivity contribution >= 4 is 23.2 Å².